The molecule has 3 aromatic rings. The standard InChI is InChI=1S/C23H24N2OS2/c1-17-13-14-25(19-10-5-6-11-20(19)28-17)22(26)16-24-23(21-12-7-15-27-21)18-8-3-2-4-9-18/h2-12,15,17,23-24H,13-14,16H2,1H3/p+1/t17-,23+/m1/s1. The van der Waals surface area contributed by atoms with E-state index in [4.69, 9.17) is 0 Å². The van der Waals surface area contributed by atoms with Gasteiger partial charge in [0.25, 0.3) is 5.91 Å². The molecule has 0 unspecified atom stereocenters. The fourth-order valence-corrected chi connectivity index (χ4v) is 5.58. The predicted octanol–water partition coefficient (Wildman–Crippen LogP) is 4.32. The van der Waals surface area contributed by atoms with Gasteiger partial charge in [-0.15, -0.1) is 23.1 Å². The maximum Gasteiger partial charge on any atom is 0.282 e. The number of carbonyl (C=O) groups is 1. The van der Waals surface area contributed by atoms with Crippen LogP contribution < -0.4 is 10.2 Å². The van der Waals surface area contributed by atoms with E-state index in [0.717, 1.165) is 18.7 Å². The van der Waals surface area contributed by atoms with Gasteiger partial charge in [0.15, 0.2) is 6.54 Å². The highest BCUT2D eigenvalue weighted by Crippen LogP contribution is 2.37. The van der Waals surface area contributed by atoms with Gasteiger partial charge in [-0.3, -0.25) is 4.79 Å². The van der Waals surface area contributed by atoms with E-state index in [-0.39, 0.29) is 11.9 Å². The number of hydrogen-bond donors (Lipinski definition) is 1. The molecule has 2 aromatic carbocycles. The van der Waals surface area contributed by atoms with Crippen molar-refractivity contribution < 1.29 is 10.1 Å². The summed E-state index contributed by atoms with van der Waals surface area (Å²) in [5.41, 5.74) is 2.29. The Morgan fingerprint density at radius 3 is 2.68 bits per heavy atom. The van der Waals surface area contributed by atoms with Crippen molar-refractivity contribution in [3.05, 3.63) is 82.6 Å². The van der Waals surface area contributed by atoms with Gasteiger partial charge in [0.1, 0.15) is 6.04 Å². The Morgan fingerprint density at radius 1 is 1.11 bits per heavy atom. The number of para-hydroxylation sites is 1. The Hall–Kier alpha value is -2.08. The first kappa shape index (κ1) is 19.2. The first-order valence-corrected chi connectivity index (χ1v) is 11.5. The van der Waals surface area contributed by atoms with E-state index in [1.165, 1.54) is 15.3 Å². The van der Waals surface area contributed by atoms with Gasteiger partial charge in [-0.25, -0.2) is 0 Å². The normalized spacial score (nSPS) is 17.6. The van der Waals surface area contributed by atoms with Crippen molar-refractivity contribution >= 4 is 34.7 Å². The minimum Gasteiger partial charge on any atom is -0.328 e. The van der Waals surface area contributed by atoms with Crippen LogP contribution in [0.15, 0.2) is 77.0 Å². The average molecular weight is 410 g/mol. The molecule has 0 saturated carbocycles. The number of quaternary nitrogens is 1. The second kappa shape index (κ2) is 8.95. The van der Waals surface area contributed by atoms with Crippen LogP contribution in [0.25, 0.3) is 0 Å². The van der Waals surface area contributed by atoms with E-state index in [9.17, 15) is 4.79 Å². The molecule has 1 amide bonds. The molecule has 0 aliphatic carbocycles. The summed E-state index contributed by atoms with van der Waals surface area (Å²) in [6, 6.07) is 23.1. The molecule has 2 heterocycles. The third-order valence-electron chi connectivity index (χ3n) is 5.08. The number of amides is 1. The summed E-state index contributed by atoms with van der Waals surface area (Å²) in [4.78, 5) is 17.7. The number of thioether (sulfide) groups is 1. The summed E-state index contributed by atoms with van der Waals surface area (Å²) in [6.45, 7) is 3.46. The number of hydrogen-bond acceptors (Lipinski definition) is 3. The number of thiophene rings is 1. The van der Waals surface area contributed by atoms with Crippen molar-refractivity contribution in [2.75, 3.05) is 18.0 Å². The first-order chi connectivity index (χ1) is 13.7. The molecule has 1 aliphatic rings. The van der Waals surface area contributed by atoms with E-state index in [1.807, 2.05) is 28.8 Å². The Labute approximate surface area is 174 Å². The zero-order valence-electron chi connectivity index (χ0n) is 16.0. The minimum atomic E-state index is 0.153. The topological polar surface area (TPSA) is 36.9 Å². The lowest BCUT2D eigenvalue weighted by atomic mass is 10.1. The summed E-state index contributed by atoms with van der Waals surface area (Å²) in [5.74, 6) is 0.180. The van der Waals surface area contributed by atoms with Gasteiger partial charge < -0.3 is 10.2 Å². The number of fused-ring (bicyclic) bond motifs is 1. The highest BCUT2D eigenvalue weighted by atomic mass is 32.2. The molecule has 0 saturated heterocycles. The largest absolute Gasteiger partial charge is 0.328 e. The molecule has 1 aromatic heterocycles. The molecule has 4 rings (SSSR count). The van der Waals surface area contributed by atoms with Crippen molar-refractivity contribution in [2.45, 2.75) is 29.5 Å². The molecule has 0 spiro atoms. The molecule has 28 heavy (non-hydrogen) atoms. The molecular formula is C23H25N2OS2+. The Kier molecular flexibility index (Phi) is 6.15. The summed E-state index contributed by atoms with van der Waals surface area (Å²) in [7, 11) is 0. The SMILES string of the molecule is C[C@@H]1CCN(C(=O)C[NH2+][C@@H](c2ccccc2)c2cccs2)c2ccccc2S1. The predicted molar refractivity (Wildman–Crippen MR) is 118 cm³/mol. The van der Waals surface area contributed by atoms with E-state index >= 15 is 0 Å². The maximum atomic E-state index is 13.2. The minimum absolute atomic E-state index is 0.153. The quantitative estimate of drug-likeness (QED) is 0.681. The fourth-order valence-electron chi connectivity index (χ4n) is 3.62. The lowest BCUT2D eigenvalue weighted by Crippen LogP contribution is -2.87. The van der Waals surface area contributed by atoms with Crippen LogP contribution in [0.5, 0.6) is 0 Å². The van der Waals surface area contributed by atoms with E-state index < -0.39 is 0 Å². The molecule has 1 aliphatic heterocycles. The highest BCUT2D eigenvalue weighted by Gasteiger charge is 2.27. The van der Waals surface area contributed by atoms with E-state index in [1.54, 1.807) is 11.3 Å². The van der Waals surface area contributed by atoms with Crippen LogP contribution in [0.2, 0.25) is 0 Å². The molecule has 0 bridgehead atoms. The van der Waals surface area contributed by atoms with Gasteiger partial charge in [0.05, 0.1) is 10.6 Å². The summed E-state index contributed by atoms with van der Waals surface area (Å²) < 4.78 is 0. The number of anilines is 1. The average Bonchev–Trinajstić information content (AvgIpc) is 3.18. The lowest BCUT2D eigenvalue weighted by molar-refractivity contribution is -0.676. The zero-order valence-corrected chi connectivity index (χ0v) is 17.6. The fraction of sp³-hybridized carbons (Fsp3) is 0.261. The smallest absolute Gasteiger partial charge is 0.282 e. The number of benzene rings is 2. The zero-order chi connectivity index (χ0) is 19.3. The second-order valence-corrected chi connectivity index (χ2v) is 9.53. The van der Waals surface area contributed by atoms with E-state index in [0.29, 0.717) is 11.8 Å². The molecule has 0 radical (unpaired) electrons. The van der Waals surface area contributed by atoms with Crippen molar-refractivity contribution in [3.8, 4) is 0 Å². The third kappa shape index (κ3) is 4.32. The van der Waals surface area contributed by atoms with Gasteiger partial charge in [-0.05, 0) is 30.0 Å². The molecule has 144 valence electrons. The van der Waals surface area contributed by atoms with Crippen molar-refractivity contribution in [1.29, 1.82) is 0 Å². The summed E-state index contributed by atoms with van der Waals surface area (Å²) >= 11 is 3.62. The number of nitrogens with zero attached hydrogens (tertiary/aromatic N) is 1. The van der Waals surface area contributed by atoms with Gasteiger partial charge in [0, 0.05) is 22.3 Å². The highest BCUT2D eigenvalue weighted by molar-refractivity contribution is 8.00. The molecule has 2 atom stereocenters. The lowest BCUT2D eigenvalue weighted by Gasteiger charge is -2.23. The van der Waals surface area contributed by atoms with Gasteiger partial charge in [-0.2, -0.15) is 0 Å². The van der Waals surface area contributed by atoms with Crippen LogP contribution in [-0.4, -0.2) is 24.2 Å². The molecule has 0 fully saturated rings. The van der Waals surface area contributed by atoms with Crippen LogP contribution >= 0.6 is 23.1 Å². The van der Waals surface area contributed by atoms with Crippen LogP contribution in [0.1, 0.15) is 29.8 Å². The molecule has 2 N–H and O–H groups in total. The second-order valence-electron chi connectivity index (χ2n) is 7.07. The maximum absolute atomic E-state index is 13.2. The Morgan fingerprint density at radius 2 is 1.89 bits per heavy atom. The van der Waals surface area contributed by atoms with Crippen LogP contribution in [0, 0.1) is 0 Å². The van der Waals surface area contributed by atoms with Crippen LogP contribution in [0.3, 0.4) is 0 Å². The van der Waals surface area contributed by atoms with Gasteiger partial charge in [0.2, 0.25) is 0 Å². The van der Waals surface area contributed by atoms with Crippen molar-refractivity contribution in [1.82, 2.24) is 0 Å². The molecular weight excluding hydrogens is 384 g/mol. The van der Waals surface area contributed by atoms with Gasteiger partial charge in [-0.1, -0.05) is 55.5 Å². The number of rotatable bonds is 5. The van der Waals surface area contributed by atoms with Crippen molar-refractivity contribution in [3.63, 3.8) is 0 Å². The van der Waals surface area contributed by atoms with Gasteiger partial charge >= 0.3 is 0 Å². The molecule has 3 nitrogen and oxygen atoms in total. The Bertz CT molecular complexity index is 911. The molecule has 5 heteroatoms. The Balaban J connectivity index is 1.53. The summed E-state index contributed by atoms with van der Waals surface area (Å²) in [5, 5.41) is 4.80. The van der Waals surface area contributed by atoms with E-state index in [2.05, 4.69) is 72.2 Å². The number of nitrogens with two attached hydrogens (primary N) is 1. The van der Waals surface area contributed by atoms with Crippen molar-refractivity contribution in [2.24, 2.45) is 0 Å². The van der Waals surface area contributed by atoms with Crippen LogP contribution in [0.4, 0.5) is 5.69 Å². The van der Waals surface area contributed by atoms with Crippen LogP contribution in [-0.2, 0) is 4.79 Å². The first-order valence-electron chi connectivity index (χ1n) is 9.70. The number of carbonyl (C=O) groups excluding carboxylic acids is 1. The third-order valence-corrected chi connectivity index (χ3v) is 7.27. The summed E-state index contributed by atoms with van der Waals surface area (Å²) in [6.07, 6.45) is 1.01. The monoisotopic (exact) mass is 409 g/mol.